The van der Waals surface area contributed by atoms with E-state index in [2.05, 4.69) is 45.1 Å². The molecule has 1 aliphatic heterocycles. The molecule has 0 N–H and O–H groups in total. The number of aryl methyl sites for hydroxylation is 2. The summed E-state index contributed by atoms with van der Waals surface area (Å²) < 4.78 is 7.88. The van der Waals surface area contributed by atoms with Crippen LogP contribution in [0.15, 0.2) is 36.9 Å². The quantitative estimate of drug-likeness (QED) is 0.740. The zero-order chi connectivity index (χ0) is 16.5. The fourth-order valence-electron chi connectivity index (χ4n) is 3.21. The van der Waals surface area contributed by atoms with E-state index in [-0.39, 0.29) is 6.10 Å². The second-order valence-electron chi connectivity index (χ2n) is 6.40. The molecule has 0 aliphatic carbocycles. The maximum atomic E-state index is 5.93. The molecule has 1 atom stereocenters. The third-order valence-electron chi connectivity index (χ3n) is 4.36. The van der Waals surface area contributed by atoms with Gasteiger partial charge in [-0.05, 0) is 31.5 Å². The predicted octanol–water partition coefficient (Wildman–Crippen LogP) is 2.35. The van der Waals surface area contributed by atoms with Gasteiger partial charge in [0.25, 0.3) is 0 Å². The number of aromatic nitrogens is 4. The average Bonchev–Trinajstić information content (AvgIpc) is 2.99. The molecule has 1 aromatic carbocycles. The number of anilines is 1. The first-order valence-electron chi connectivity index (χ1n) is 8.26. The molecule has 2 aromatic heterocycles. The molecule has 6 heteroatoms. The van der Waals surface area contributed by atoms with Crippen LogP contribution in [0.3, 0.4) is 0 Å². The van der Waals surface area contributed by atoms with Crippen LogP contribution in [0.5, 0.6) is 0 Å². The number of morpholine rings is 1. The van der Waals surface area contributed by atoms with E-state index in [1.165, 1.54) is 11.1 Å². The molecule has 1 fully saturated rings. The number of rotatable bonds is 3. The van der Waals surface area contributed by atoms with Gasteiger partial charge in [0.05, 0.1) is 31.0 Å². The average molecular weight is 323 g/mol. The first-order valence-corrected chi connectivity index (χ1v) is 8.26. The van der Waals surface area contributed by atoms with E-state index < -0.39 is 0 Å². The van der Waals surface area contributed by atoms with Crippen LogP contribution in [-0.4, -0.2) is 45.5 Å². The van der Waals surface area contributed by atoms with Gasteiger partial charge in [-0.1, -0.05) is 11.6 Å². The van der Waals surface area contributed by atoms with Crippen molar-refractivity contribution in [2.24, 2.45) is 0 Å². The molecule has 4 rings (SSSR count). The van der Waals surface area contributed by atoms with Crippen molar-refractivity contribution < 1.29 is 4.74 Å². The van der Waals surface area contributed by atoms with Crippen LogP contribution in [0, 0.1) is 13.8 Å². The molecule has 6 nitrogen and oxygen atoms in total. The van der Waals surface area contributed by atoms with Crippen molar-refractivity contribution in [1.82, 2.24) is 19.7 Å². The van der Waals surface area contributed by atoms with Crippen LogP contribution in [0.2, 0.25) is 0 Å². The lowest BCUT2D eigenvalue weighted by Crippen LogP contribution is -2.44. The Morgan fingerprint density at radius 2 is 2.12 bits per heavy atom. The second kappa shape index (κ2) is 6.20. The summed E-state index contributed by atoms with van der Waals surface area (Å²) in [5.41, 5.74) is 3.37. The van der Waals surface area contributed by atoms with Crippen molar-refractivity contribution in [3.05, 3.63) is 48.0 Å². The Balaban J connectivity index is 1.59. The Morgan fingerprint density at radius 1 is 1.21 bits per heavy atom. The summed E-state index contributed by atoms with van der Waals surface area (Å²) in [6.45, 7) is 7.24. The maximum Gasteiger partial charge on any atom is 0.140 e. The molecular weight excluding hydrogens is 302 g/mol. The topological polar surface area (TPSA) is 56.1 Å². The Bertz CT molecular complexity index is 859. The Morgan fingerprint density at radius 3 is 2.96 bits per heavy atom. The van der Waals surface area contributed by atoms with Gasteiger partial charge in [0.1, 0.15) is 12.1 Å². The van der Waals surface area contributed by atoms with Crippen LogP contribution in [0.1, 0.15) is 11.1 Å². The fraction of sp³-hybridized carbons (Fsp3) is 0.389. The monoisotopic (exact) mass is 323 g/mol. The Hall–Kier alpha value is -2.47. The smallest absolute Gasteiger partial charge is 0.140 e. The number of nitrogens with zero attached hydrogens (tertiary/aromatic N) is 5. The minimum absolute atomic E-state index is 0.105. The number of fused-ring (bicyclic) bond motifs is 1. The van der Waals surface area contributed by atoms with Crippen molar-refractivity contribution >= 4 is 16.7 Å². The highest BCUT2D eigenvalue weighted by Crippen LogP contribution is 2.25. The summed E-state index contributed by atoms with van der Waals surface area (Å²) in [7, 11) is 0. The van der Waals surface area contributed by atoms with Crippen molar-refractivity contribution in [1.29, 1.82) is 0 Å². The first kappa shape index (κ1) is 15.1. The molecule has 0 amide bonds. The van der Waals surface area contributed by atoms with E-state index in [1.807, 2.05) is 24.0 Å². The fourth-order valence-corrected chi connectivity index (χ4v) is 3.21. The first-order chi connectivity index (χ1) is 11.7. The van der Waals surface area contributed by atoms with Gasteiger partial charge in [0, 0.05) is 24.7 Å². The van der Waals surface area contributed by atoms with Crippen molar-refractivity contribution in [3.63, 3.8) is 0 Å². The van der Waals surface area contributed by atoms with E-state index >= 15 is 0 Å². The third-order valence-corrected chi connectivity index (χ3v) is 4.36. The standard InChI is InChI=1S/C18H21N5O/c1-13-3-4-17-16(7-13)18(20-12-19-17)22-5-6-24-15(10-22)11-23-9-14(2)8-21-23/h3-4,7-9,12,15H,5-6,10-11H2,1-2H3. The molecule has 0 radical (unpaired) electrons. The highest BCUT2D eigenvalue weighted by Gasteiger charge is 2.23. The van der Waals surface area contributed by atoms with Gasteiger partial charge in [-0.2, -0.15) is 5.10 Å². The summed E-state index contributed by atoms with van der Waals surface area (Å²) in [6.07, 6.45) is 5.68. The van der Waals surface area contributed by atoms with Crippen LogP contribution >= 0.6 is 0 Å². The minimum atomic E-state index is 0.105. The van der Waals surface area contributed by atoms with Crippen LogP contribution in [0.25, 0.3) is 10.9 Å². The SMILES string of the molecule is Cc1ccc2ncnc(N3CCOC(Cn4cc(C)cn4)C3)c2c1. The second-order valence-corrected chi connectivity index (χ2v) is 6.40. The van der Waals surface area contributed by atoms with Gasteiger partial charge < -0.3 is 9.64 Å². The van der Waals surface area contributed by atoms with Gasteiger partial charge >= 0.3 is 0 Å². The lowest BCUT2D eigenvalue weighted by Gasteiger charge is -2.34. The summed E-state index contributed by atoms with van der Waals surface area (Å²) >= 11 is 0. The van der Waals surface area contributed by atoms with Crippen molar-refractivity contribution in [2.75, 3.05) is 24.6 Å². The van der Waals surface area contributed by atoms with Crippen LogP contribution in [-0.2, 0) is 11.3 Å². The van der Waals surface area contributed by atoms with E-state index in [0.29, 0.717) is 6.61 Å². The van der Waals surface area contributed by atoms with Gasteiger partial charge in [-0.25, -0.2) is 9.97 Å². The number of benzene rings is 1. The number of ether oxygens (including phenoxy) is 1. The molecule has 3 aromatic rings. The van der Waals surface area contributed by atoms with Crippen LogP contribution in [0.4, 0.5) is 5.82 Å². The van der Waals surface area contributed by atoms with E-state index in [4.69, 9.17) is 4.74 Å². The normalized spacial score (nSPS) is 18.2. The van der Waals surface area contributed by atoms with E-state index in [9.17, 15) is 0 Å². The molecule has 0 saturated carbocycles. The van der Waals surface area contributed by atoms with Crippen LogP contribution < -0.4 is 4.90 Å². The molecule has 3 heterocycles. The largest absolute Gasteiger partial charge is 0.373 e. The number of hydrogen-bond donors (Lipinski definition) is 0. The molecule has 124 valence electrons. The molecule has 1 unspecified atom stereocenters. The summed E-state index contributed by atoms with van der Waals surface area (Å²) in [4.78, 5) is 11.2. The summed E-state index contributed by atoms with van der Waals surface area (Å²) in [5, 5.41) is 5.47. The van der Waals surface area contributed by atoms with Gasteiger partial charge in [0.15, 0.2) is 0 Å². The van der Waals surface area contributed by atoms with E-state index in [1.54, 1.807) is 6.33 Å². The maximum absolute atomic E-state index is 5.93. The minimum Gasteiger partial charge on any atom is -0.373 e. The highest BCUT2D eigenvalue weighted by atomic mass is 16.5. The lowest BCUT2D eigenvalue weighted by atomic mass is 10.1. The molecule has 0 bridgehead atoms. The summed E-state index contributed by atoms with van der Waals surface area (Å²) in [6, 6.07) is 6.30. The van der Waals surface area contributed by atoms with Crippen molar-refractivity contribution in [3.8, 4) is 0 Å². The highest BCUT2D eigenvalue weighted by molar-refractivity contribution is 5.89. The number of hydrogen-bond acceptors (Lipinski definition) is 5. The molecule has 0 spiro atoms. The molecular formula is C18H21N5O. The summed E-state index contributed by atoms with van der Waals surface area (Å²) in [5.74, 6) is 0.994. The lowest BCUT2D eigenvalue weighted by molar-refractivity contribution is 0.0272. The zero-order valence-corrected chi connectivity index (χ0v) is 14.0. The Kier molecular flexibility index (Phi) is 3.90. The molecule has 1 aliphatic rings. The van der Waals surface area contributed by atoms with E-state index in [0.717, 1.165) is 36.4 Å². The predicted molar refractivity (Wildman–Crippen MR) is 93.2 cm³/mol. The van der Waals surface area contributed by atoms with Crippen molar-refractivity contribution in [2.45, 2.75) is 26.5 Å². The van der Waals surface area contributed by atoms with Gasteiger partial charge in [-0.15, -0.1) is 0 Å². The van der Waals surface area contributed by atoms with Gasteiger partial charge in [0.2, 0.25) is 0 Å². The Labute approximate surface area is 141 Å². The zero-order valence-electron chi connectivity index (χ0n) is 14.0. The van der Waals surface area contributed by atoms with Gasteiger partial charge in [-0.3, -0.25) is 4.68 Å². The molecule has 24 heavy (non-hydrogen) atoms. The molecule has 1 saturated heterocycles. The third kappa shape index (κ3) is 2.97.